The number of ether oxygens (including phenoxy) is 7. The molecule has 4 heterocycles. The number of aliphatic hydroxyl groups is 4. The van der Waals surface area contributed by atoms with Crippen LogP contribution in [0, 0.1) is 17.8 Å². The molecule has 0 spiro atoms. The molecule has 372 valence electrons. The molecule has 0 amide bonds. The molecule has 16 heteroatoms. The fraction of sp³-hybridized carbons (Fsp3) is 0.816. The van der Waals surface area contributed by atoms with Crippen LogP contribution in [0.15, 0.2) is 30.3 Å². The number of carbonyl (C=O) groups is 1. The Bertz CT molecular complexity index is 1830. The van der Waals surface area contributed by atoms with Gasteiger partial charge in [-0.2, -0.15) is 0 Å². The Morgan fingerprint density at radius 1 is 0.969 bits per heavy atom. The van der Waals surface area contributed by atoms with Gasteiger partial charge in [-0.3, -0.25) is 4.79 Å². The zero-order valence-electron chi connectivity index (χ0n) is 41.6. The van der Waals surface area contributed by atoms with E-state index in [4.69, 9.17) is 33.2 Å². The number of esters is 1. The molecule has 7 N–H and O–H groups in total. The minimum Gasteiger partial charge on any atom is -0.468 e. The largest absolute Gasteiger partial charge is 0.468 e. The summed E-state index contributed by atoms with van der Waals surface area (Å²) in [5.41, 5.74) is -4.99. The number of aryl methyl sites for hydroxylation is 1. The Morgan fingerprint density at radius 3 is 2.29 bits per heavy atom. The van der Waals surface area contributed by atoms with Gasteiger partial charge in [-0.1, -0.05) is 45.9 Å². The van der Waals surface area contributed by atoms with Crippen LogP contribution in [0.3, 0.4) is 0 Å². The van der Waals surface area contributed by atoms with Gasteiger partial charge in [-0.05, 0) is 106 Å². The number of likely N-dealkylation sites (N-methyl/N-ethyl adjacent to an activating group) is 1. The number of rotatable bonds is 13. The normalized spacial score (nSPS) is 42.8. The van der Waals surface area contributed by atoms with Crippen molar-refractivity contribution in [1.29, 1.82) is 0 Å². The van der Waals surface area contributed by atoms with Crippen molar-refractivity contribution < 1.29 is 58.4 Å². The molecule has 3 fully saturated rings. The van der Waals surface area contributed by atoms with Crippen LogP contribution in [0.2, 0.25) is 0 Å². The molecule has 1 aromatic heterocycles. The average Bonchev–Trinajstić information content (AvgIpc) is 3.58. The van der Waals surface area contributed by atoms with Crippen LogP contribution in [0.25, 0.3) is 10.9 Å². The number of fused-ring (bicyclic) bond motifs is 1. The molecule has 3 aliphatic heterocycles. The van der Waals surface area contributed by atoms with Gasteiger partial charge in [0.15, 0.2) is 24.6 Å². The average molecular weight is 921 g/mol. The van der Waals surface area contributed by atoms with Gasteiger partial charge < -0.3 is 74.1 Å². The molecule has 65 heavy (non-hydrogen) atoms. The molecule has 3 aliphatic rings. The SMILES string of the molecule is CCCNC[C@]1(O)[C@H](C)O[C@@H](O[C@H]2[C@H](C)[C@@H](O[C@@H]3O[C@H](C)C[C@H](NC)[C@H]3Oc3cc4ccccc4n3C)[C@](C)(O)C[C@@H](C)CN[C@H](C)[C@@H](O)[C@](C)(O)[C@@H](CC)OC(=O)[C@@H]2C)C[C@@]1(C)OC. The standard InChI is InChI=1S/C49H84N4O12/c1-15-21-51-27-49(58)33(8)61-39(25-47(49,10)59-14)64-40-30(5)43(46(9,56)24-28(3)26-52-32(7)42(54)48(11,57)37(16-2)62-44(55)31(40)6)65-45-41(35(50-12)22-29(4)60-45)63-38-23-34-19-17-18-20-36(34)53(38)13/h17-20,23,28-33,35,37,39-43,45,50-52,54,56-58H,15-16,21-22,24-27H2,1-14H3/t28-,29-,30+,31-,32-,33+,35+,37-,39+,40+,41-,42-,43-,45+,46-,47-,48-,49+/m1/s1. The molecule has 0 unspecified atom stereocenters. The zero-order valence-corrected chi connectivity index (χ0v) is 41.6. The minimum atomic E-state index is -1.82. The number of carbonyl (C=O) groups excluding carboxylic acids is 1. The highest BCUT2D eigenvalue weighted by molar-refractivity contribution is 5.82. The monoisotopic (exact) mass is 921 g/mol. The van der Waals surface area contributed by atoms with E-state index in [1.807, 2.05) is 76.7 Å². The Morgan fingerprint density at radius 2 is 1.66 bits per heavy atom. The third-order valence-corrected chi connectivity index (χ3v) is 14.9. The molecule has 2 aromatic rings. The quantitative estimate of drug-likeness (QED) is 0.111. The van der Waals surface area contributed by atoms with Gasteiger partial charge in [0.2, 0.25) is 0 Å². The van der Waals surface area contributed by atoms with Crippen molar-refractivity contribution in [3.05, 3.63) is 30.3 Å². The molecule has 18 atom stereocenters. The number of nitrogens with one attached hydrogen (secondary N) is 3. The predicted molar refractivity (Wildman–Crippen MR) is 248 cm³/mol. The molecule has 1 aromatic carbocycles. The van der Waals surface area contributed by atoms with E-state index in [-0.39, 0.29) is 43.9 Å². The number of aromatic nitrogens is 1. The van der Waals surface area contributed by atoms with Crippen LogP contribution in [-0.4, -0.2) is 155 Å². The highest BCUT2D eigenvalue weighted by Gasteiger charge is 2.58. The van der Waals surface area contributed by atoms with Crippen LogP contribution in [0.4, 0.5) is 0 Å². The second kappa shape index (κ2) is 21.9. The third-order valence-electron chi connectivity index (χ3n) is 14.9. The number of cyclic esters (lactones) is 1. The van der Waals surface area contributed by atoms with Crippen LogP contribution in [0.5, 0.6) is 5.88 Å². The summed E-state index contributed by atoms with van der Waals surface area (Å²) in [4.78, 5) is 14.6. The van der Waals surface area contributed by atoms with E-state index in [1.165, 1.54) is 6.92 Å². The van der Waals surface area contributed by atoms with Gasteiger partial charge in [-0.15, -0.1) is 0 Å². The highest BCUT2D eigenvalue weighted by Crippen LogP contribution is 2.43. The van der Waals surface area contributed by atoms with Crippen LogP contribution in [-0.2, 0) is 40.3 Å². The first-order valence-corrected chi connectivity index (χ1v) is 24.0. The lowest BCUT2D eigenvalue weighted by Gasteiger charge is -2.53. The van der Waals surface area contributed by atoms with Gasteiger partial charge in [0.05, 0.1) is 47.5 Å². The lowest BCUT2D eigenvalue weighted by atomic mass is 9.75. The number of nitrogens with zero attached hydrogens (tertiary/aromatic N) is 1. The summed E-state index contributed by atoms with van der Waals surface area (Å²) >= 11 is 0. The Kier molecular flexibility index (Phi) is 18.0. The zero-order chi connectivity index (χ0) is 48.2. The van der Waals surface area contributed by atoms with E-state index in [0.717, 1.165) is 17.3 Å². The first kappa shape index (κ1) is 53.5. The topological polar surface area (TPSA) is 204 Å². The Hall–Kier alpha value is -2.45. The lowest BCUT2D eigenvalue weighted by Crippen LogP contribution is -2.70. The van der Waals surface area contributed by atoms with Crippen molar-refractivity contribution >= 4 is 16.9 Å². The molecular formula is C49H84N4O12. The second-order valence-corrected chi connectivity index (χ2v) is 20.2. The second-order valence-electron chi connectivity index (χ2n) is 20.2. The molecule has 0 saturated carbocycles. The fourth-order valence-electron chi connectivity index (χ4n) is 10.6. The smallest absolute Gasteiger partial charge is 0.311 e. The van der Waals surface area contributed by atoms with E-state index in [0.29, 0.717) is 25.4 Å². The van der Waals surface area contributed by atoms with Gasteiger partial charge >= 0.3 is 5.97 Å². The van der Waals surface area contributed by atoms with E-state index in [9.17, 15) is 25.2 Å². The Balaban J connectivity index is 1.61. The molecule has 0 aliphatic carbocycles. The summed E-state index contributed by atoms with van der Waals surface area (Å²) in [6, 6.07) is 9.21. The minimum absolute atomic E-state index is 0.0954. The summed E-state index contributed by atoms with van der Waals surface area (Å²) in [6.07, 6.45) is -6.17. The summed E-state index contributed by atoms with van der Waals surface area (Å²) in [6.45, 7) is 21.2. The summed E-state index contributed by atoms with van der Waals surface area (Å²) in [7, 11) is 5.38. The van der Waals surface area contributed by atoms with E-state index in [1.54, 1.807) is 41.7 Å². The maximum atomic E-state index is 14.6. The van der Waals surface area contributed by atoms with Gasteiger partial charge in [0, 0.05) is 50.5 Å². The molecule has 5 rings (SSSR count). The Labute approximate surface area is 387 Å². The third kappa shape index (κ3) is 11.5. The van der Waals surface area contributed by atoms with Gasteiger partial charge in [-0.25, -0.2) is 0 Å². The first-order chi connectivity index (χ1) is 30.5. The molecular weight excluding hydrogens is 837 g/mol. The van der Waals surface area contributed by atoms with Crippen molar-refractivity contribution in [3.8, 4) is 5.88 Å². The summed E-state index contributed by atoms with van der Waals surface area (Å²) in [5.74, 6) is -2.04. The van der Waals surface area contributed by atoms with Crippen LogP contribution < -0.4 is 20.7 Å². The number of methoxy groups -OCH3 is 1. The maximum absolute atomic E-state index is 14.6. The summed E-state index contributed by atoms with van der Waals surface area (Å²) in [5, 5.41) is 59.6. The van der Waals surface area contributed by atoms with Crippen LogP contribution >= 0.6 is 0 Å². The van der Waals surface area contributed by atoms with E-state index in [2.05, 4.69) is 22.9 Å². The molecule has 0 bridgehead atoms. The van der Waals surface area contributed by atoms with E-state index < -0.39 is 95.5 Å². The van der Waals surface area contributed by atoms with Crippen LogP contribution in [0.1, 0.15) is 108 Å². The summed E-state index contributed by atoms with van der Waals surface area (Å²) < 4.78 is 48.5. The number of hydrogen-bond acceptors (Lipinski definition) is 15. The van der Waals surface area contributed by atoms with Crippen molar-refractivity contribution in [2.75, 3.05) is 33.8 Å². The predicted octanol–water partition coefficient (Wildman–Crippen LogP) is 4.16. The van der Waals surface area contributed by atoms with Gasteiger partial charge in [0.1, 0.15) is 29.0 Å². The van der Waals surface area contributed by atoms with Gasteiger partial charge in [0.25, 0.3) is 0 Å². The lowest BCUT2D eigenvalue weighted by molar-refractivity contribution is -0.335. The van der Waals surface area contributed by atoms with Crippen molar-refractivity contribution in [2.24, 2.45) is 24.8 Å². The number of benzene rings is 1. The molecule has 16 nitrogen and oxygen atoms in total. The highest BCUT2D eigenvalue weighted by atomic mass is 16.7. The first-order valence-electron chi connectivity index (χ1n) is 24.0. The molecule has 3 saturated heterocycles. The fourth-order valence-corrected chi connectivity index (χ4v) is 10.6. The molecule has 0 radical (unpaired) electrons. The van der Waals surface area contributed by atoms with Crippen molar-refractivity contribution in [1.82, 2.24) is 20.5 Å². The maximum Gasteiger partial charge on any atom is 0.311 e. The number of hydrogen-bond donors (Lipinski definition) is 7. The van der Waals surface area contributed by atoms with Crippen molar-refractivity contribution in [2.45, 2.75) is 198 Å². The number of para-hydroxylation sites is 1. The van der Waals surface area contributed by atoms with Crippen molar-refractivity contribution in [3.63, 3.8) is 0 Å². The van der Waals surface area contributed by atoms with E-state index >= 15 is 0 Å². The number of aliphatic hydroxyl groups excluding tert-OH is 1.